The first-order chi connectivity index (χ1) is 9.40. The van der Waals surface area contributed by atoms with Crippen LogP contribution in [0.1, 0.15) is 18.4 Å². The van der Waals surface area contributed by atoms with Crippen molar-refractivity contribution in [1.29, 1.82) is 0 Å². The Morgan fingerprint density at radius 1 is 1.20 bits per heavy atom. The van der Waals surface area contributed by atoms with Gasteiger partial charge in [0.25, 0.3) is 0 Å². The van der Waals surface area contributed by atoms with Crippen LogP contribution in [-0.2, 0) is 20.8 Å². The van der Waals surface area contributed by atoms with Gasteiger partial charge in [0.2, 0.25) is 5.91 Å². The Labute approximate surface area is 120 Å². The van der Waals surface area contributed by atoms with E-state index in [-0.39, 0.29) is 6.42 Å². The number of amides is 1. The molecule has 1 aromatic carbocycles. The van der Waals surface area contributed by atoms with Crippen LogP contribution in [0.2, 0.25) is 5.02 Å². The first-order valence-electron chi connectivity index (χ1n) is 5.87. The molecule has 0 saturated heterocycles. The Morgan fingerprint density at radius 3 is 2.40 bits per heavy atom. The summed E-state index contributed by atoms with van der Waals surface area (Å²) in [6, 6.07) is 5.58. The van der Waals surface area contributed by atoms with Gasteiger partial charge in [-0.05, 0) is 18.1 Å². The third-order valence-electron chi connectivity index (χ3n) is 2.59. The van der Waals surface area contributed by atoms with E-state index in [9.17, 15) is 14.4 Å². The summed E-state index contributed by atoms with van der Waals surface area (Å²) in [6.07, 6.45) is -0.273. The van der Waals surface area contributed by atoms with Crippen molar-refractivity contribution in [2.75, 3.05) is 0 Å². The molecule has 0 aliphatic rings. The van der Waals surface area contributed by atoms with Gasteiger partial charge in [0.05, 0.1) is 6.42 Å². The maximum absolute atomic E-state index is 11.6. The molecule has 20 heavy (non-hydrogen) atoms. The van der Waals surface area contributed by atoms with Gasteiger partial charge in [-0.15, -0.1) is 0 Å². The summed E-state index contributed by atoms with van der Waals surface area (Å²) >= 11 is 5.93. The van der Waals surface area contributed by atoms with E-state index in [1.807, 2.05) is 0 Å². The molecule has 0 bridgehead atoms. The molecule has 1 amide bonds. The lowest BCUT2D eigenvalue weighted by molar-refractivity contribution is -0.147. The van der Waals surface area contributed by atoms with Crippen LogP contribution in [0.3, 0.4) is 0 Å². The topological polar surface area (TPSA) is 104 Å². The highest BCUT2D eigenvalue weighted by molar-refractivity contribution is 6.31. The van der Waals surface area contributed by atoms with Gasteiger partial charge in [0.1, 0.15) is 6.04 Å². The number of carbonyl (C=O) groups is 3. The molecule has 108 valence electrons. The van der Waals surface area contributed by atoms with Gasteiger partial charge in [-0.3, -0.25) is 9.59 Å². The predicted molar refractivity (Wildman–Crippen MR) is 71.6 cm³/mol. The van der Waals surface area contributed by atoms with Crippen molar-refractivity contribution in [2.24, 2.45) is 0 Å². The summed E-state index contributed by atoms with van der Waals surface area (Å²) in [5.41, 5.74) is 0.773. The Balaban J connectivity index is 2.52. The maximum atomic E-state index is 11.6. The molecule has 0 spiro atoms. The van der Waals surface area contributed by atoms with Crippen molar-refractivity contribution in [3.8, 4) is 0 Å². The van der Waals surface area contributed by atoms with Gasteiger partial charge < -0.3 is 15.5 Å². The second-order valence-corrected chi connectivity index (χ2v) is 4.55. The molecule has 1 rings (SSSR count). The number of nitrogens with one attached hydrogen (secondary N) is 1. The van der Waals surface area contributed by atoms with E-state index in [4.69, 9.17) is 21.8 Å². The van der Waals surface area contributed by atoms with Crippen LogP contribution >= 0.6 is 11.6 Å². The van der Waals surface area contributed by atoms with Crippen molar-refractivity contribution in [3.05, 3.63) is 34.9 Å². The van der Waals surface area contributed by atoms with Gasteiger partial charge >= 0.3 is 11.9 Å². The van der Waals surface area contributed by atoms with Gasteiger partial charge in [0.15, 0.2) is 0 Å². The molecule has 7 heteroatoms. The third-order valence-corrected chi connectivity index (χ3v) is 2.96. The lowest BCUT2D eigenvalue weighted by Crippen LogP contribution is -2.42. The zero-order chi connectivity index (χ0) is 15.1. The number of carboxylic acid groups (broad SMARTS) is 2. The van der Waals surface area contributed by atoms with Crippen molar-refractivity contribution >= 4 is 29.4 Å². The number of hydrogen-bond donors (Lipinski definition) is 3. The van der Waals surface area contributed by atoms with Crippen LogP contribution in [0.4, 0.5) is 0 Å². The molecule has 6 nitrogen and oxygen atoms in total. The Bertz CT molecular complexity index is 517. The molecular formula is C13H14ClNO5. The van der Waals surface area contributed by atoms with Crippen LogP contribution < -0.4 is 5.32 Å². The van der Waals surface area contributed by atoms with Crippen molar-refractivity contribution in [1.82, 2.24) is 5.32 Å². The molecule has 0 fully saturated rings. The van der Waals surface area contributed by atoms with Crippen molar-refractivity contribution < 1.29 is 24.6 Å². The van der Waals surface area contributed by atoms with Crippen LogP contribution in [-0.4, -0.2) is 34.1 Å². The SMILES string of the molecule is O=C(O)C[C@H](NC(=O)CCc1ccccc1Cl)C(=O)O. The summed E-state index contributed by atoms with van der Waals surface area (Å²) in [4.78, 5) is 32.9. The Morgan fingerprint density at radius 2 is 1.85 bits per heavy atom. The monoisotopic (exact) mass is 299 g/mol. The van der Waals surface area contributed by atoms with Crippen molar-refractivity contribution in [2.45, 2.75) is 25.3 Å². The number of rotatable bonds is 7. The van der Waals surface area contributed by atoms with Crippen LogP contribution in [0.15, 0.2) is 24.3 Å². The second kappa shape index (κ2) is 7.49. The number of aryl methyl sites for hydroxylation is 1. The lowest BCUT2D eigenvalue weighted by Gasteiger charge is -2.12. The molecule has 0 aromatic heterocycles. The normalized spacial score (nSPS) is 11.7. The molecule has 0 unspecified atom stereocenters. The largest absolute Gasteiger partial charge is 0.481 e. The van der Waals surface area contributed by atoms with E-state index >= 15 is 0 Å². The van der Waals surface area contributed by atoms with Gasteiger partial charge in [-0.25, -0.2) is 4.79 Å². The predicted octanol–water partition coefficient (Wildman–Crippen LogP) is 1.32. The minimum Gasteiger partial charge on any atom is -0.481 e. The van der Waals surface area contributed by atoms with E-state index < -0.39 is 30.3 Å². The molecule has 0 radical (unpaired) electrons. The average Bonchev–Trinajstić information content (AvgIpc) is 2.36. The smallest absolute Gasteiger partial charge is 0.326 e. The number of carbonyl (C=O) groups excluding carboxylic acids is 1. The molecule has 0 heterocycles. The van der Waals surface area contributed by atoms with E-state index in [0.717, 1.165) is 5.56 Å². The third kappa shape index (κ3) is 5.27. The Hall–Kier alpha value is -2.08. The fourth-order valence-corrected chi connectivity index (χ4v) is 1.82. The second-order valence-electron chi connectivity index (χ2n) is 4.15. The maximum Gasteiger partial charge on any atom is 0.326 e. The van der Waals surface area contributed by atoms with Crippen LogP contribution in [0.5, 0.6) is 0 Å². The van der Waals surface area contributed by atoms with Crippen molar-refractivity contribution in [3.63, 3.8) is 0 Å². The van der Waals surface area contributed by atoms with Gasteiger partial charge in [0, 0.05) is 11.4 Å². The molecular weight excluding hydrogens is 286 g/mol. The molecule has 0 aliphatic heterocycles. The van der Waals surface area contributed by atoms with Gasteiger partial charge in [-0.2, -0.15) is 0 Å². The number of hydrogen-bond acceptors (Lipinski definition) is 3. The highest BCUT2D eigenvalue weighted by atomic mass is 35.5. The quantitative estimate of drug-likeness (QED) is 0.704. The lowest BCUT2D eigenvalue weighted by atomic mass is 10.1. The van der Waals surface area contributed by atoms with Crippen LogP contribution in [0.25, 0.3) is 0 Å². The molecule has 3 N–H and O–H groups in total. The molecule has 0 aliphatic carbocycles. The Kier molecular flexibility index (Phi) is 5.99. The standard InChI is InChI=1S/C13H14ClNO5/c14-9-4-2-1-3-8(9)5-6-11(16)15-10(13(19)20)7-12(17)18/h1-4,10H,5-7H2,(H,15,16)(H,17,18)(H,19,20)/t10-/m0/s1. The summed E-state index contributed by atoms with van der Waals surface area (Å²) in [5, 5.41) is 20.1. The summed E-state index contributed by atoms with van der Waals surface area (Å²) in [7, 11) is 0. The first-order valence-corrected chi connectivity index (χ1v) is 6.25. The van der Waals surface area contributed by atoms with E-state index in [0.29, 0.717) is 11.4 Å². The van der Waals surface area contributed by atoms with E-state index in [1.54, 1.807) is 24.3 Å². The molecule has 0 saturated carbocycles. The summed E-state index contributed by atoms with van der Waals surface area (Å²) < 4.78 is 0. The average molecular weight is 300 g/mol. The zero-order valence-electron chi connectivity index (χ0n) is 10.5. The van der Waals surface area contributed by atoms with Gasteiger partial charge in [-0.1, -0.05) is 29.8 Å². The first kappa shape index (κ1) is 16.0. The minimum absolute atomic E-state index is 0.0349. The number of aliphatic carboxylic acids is 2. The highest BCUT2D eigenvalue weighted by Crippen LogP contribution is 2.16. The summed E-state index contributed by atoms with van der Waals surface area (Å²) in [5.74, 6) is -3.19. The summed E-state index contributed by atoms with van der Waals surface area (Å²) in [6.45, 7) is 0. The zero-order valence-corrected chi connectivity index (χ0v) is 11.3. The molecule has 1 atom stereocenters. The fourth-order valence-electron chi connectivity index (χ4n) is 1.59. The number of carboxylic acids is 2. The fraction of sp³-hybridized carbons (Fsp3) is 0.308. The van der Waals surface area contributed by atoms with Crippen LogP contribution in [0, 0.1) is 0 Å². The van der Waals surface area contributed by atoms with E-state index in [2.05, 4.69) is 5.32 Å². The number of halogens is 1. The molecule has 1 aromatic rings. The van der Waals surface area contributed by atoms with E-state index in [1.165, 1.54) is 0 Å². The number of benzene rings is 1. The highest BCUT2D eigenvalue weighted by Gasteiger charge is 2.22. The minimum atomic E-state index is -1.42.